The van der Waals surface area contributed by atoms with Gasteiger partial charge in [-0.2, -0.15) is 0 Å². The highest BCUT2D eigenvalue weighted by Crippen LogP contribution is 2.33. The molecule has 0 saturated carbocycles. The molecule has 1 fully saturated rings. The first-order chi connectivity index (χ1) is 16.9. The number of piperidine rings is 1. The van der Waals surface area contributed by atoms with Crippen LogP contribution in [0, 0.1) is 5.82 Å². The fraction of sp³-hybridized carbons (Fsp3) is 0.346. The van der Waals surface area contributed by atoms with E-state index in [4.69, 9.17) is 19.6 Å². The SMILES string of the molecule is COc1ccc(F)c(-c2ncc(COc3cccc([C@H](O)CC(=O)O)c3)nc2N2CCCCC2)c1. The number of aliphatic hydroxyl groups is 1. The molecule has 1 aliphatic heterocycles. The molecule has 35 heavy (non-hydrogen) atoms. The Bertz CT molecular complexity index is 1180. The molecule has 1 saturated heterocycles. The van der Waals surface area contributed by atoms with Gasteiger partial charge in [0.15, 0.2) is 5.82 Å². The summed E-state index contributed by atoms with van der Waals surface area (Å²) in [5.41, 5.74) is 1.79. The van der Waals surface area contributed by atoms with Gasteiger partial charge in [0, 0.05) is 18.7 Å². The molecule has 1 atom stereocenters. The molecular weight excluding hydrogens is 453 g/mol. The number of aliphatic carboxylic acids is 1. The highest BCUT2D eigenvalue weighted by molar-refractivity contribution is 5.74. The summed E-state index contributed by atoms with van der Waals surface area (Å²) >= 11 is 0. The molecule has 1 aliphatic rings. The van der Waals surface area contributed by atoms with Crippen molar-refractivity contribution >= 4 is 11.8 Å². The lowest BCUT2D eigenvalue weighted by molar-refractivity contribution is -0.139. The maximum atomic E-state index is 14.8. The first-order valence-electron chi connectivity index (χ1n) is 11.5. The summed E-state index contributed by atoms with van der Waals surface area (Å²) in [6, 6.07) is 11.2. The average molecular weight is 482 g/mol. The van der Waals surface area contributed by atoms with Gasteiger partial charge < -0.3 is 24.6 Å². The predicted octanol–water partition coefficient (Wildman–Crippen LogP) is 4.37. The van der Waals surface area contributed by atoms with Crippen LogP contribution in [-0.2, 0) is 11.4 Å². The number of rotatable bonds is 9. The maximum Gasteiger partial charge on any atom is 0.306 e. The number of halogens is 1. The van der Waals surface area contributed by atoms with Crippen LogP contribution in [0.1, 0.15) is 43.0 Å². The summed E-state index contributed by atoms with van der Waals surface area (Å²) in [7, 11) is 1.53. The van der Waals surface area contributed by atoms with Crippen molar-refractivity contribution in [2.45, 2.75) is 38.4 Å². The molecule has 0 bridgehead atoms. The van der Waals surface area contributed by atoms with Crippen LogP contribution in [0.15, 0.2) is 48.7 Å². The molecular formula is C26H28FN3O5. The van der Waals surface area contributed by atoms with E-state index in [9.17, 15) is 14.3 Å². The smallest absolute Gasteiger partial charge is 0.306 e. The largest absolute Gasteiger partial charge is 0.497 e. The van der Waals surface area contributed by atoms with E-state index in [1.165, 1.54) is 13.2 Å². The molecule has 4 rings (SSSR count). The number of carboxylic acids is 1. The van der Waals surface area contributed by atoms with Crippen molar-refractivity contribution < 1.29 is 28.9 Å². The highest BCUT2D eigenvalue weighted by Gasteiger charge is 2.22. The van der Waals surface area contributed by atoms with E-state index in [1.54, 1.807) is 42.6 Å². The normalized spacial score (nSPS) is 14.4. The number of aromatic nitrogens is 2. The standard InChI is InChI=1S/C26H28FN3O5/c1-34-19-8-9-22(27)21(13-19)25-26(30-10-3-2-4-11-30)29-18(15-28-25)16-35-20-7-5-6-17(12-20)23(31)14-24(32)33/h5-9,12-13,15,23,31H,2-4,10-11,14,16H2,1H3,(H,32,33)/t23-/m1/s1. The number of carboxylic acid groups (broad SMARTS) is 1. The number of hydrogen-bond acceptors (Lipinski definition) is 7. The van der Waals surface area contributed by atoms with Crippen LogP contribution in [0.5, 0.6) is 11.5 Å². The lowest BCUT2D eigenvalue weighted by Gasteiger charge is -2.29. The minimum atomic E-state index is -1.13. The third-order valence-corrected chi connectivity index (χ3v) is 5.89. The number of methoxy groups -OCH3 is 1. The Morgan fingerprint density at radius 2 is 1.94 bits per heavy atom. The van der Waals surface area contributed by atoms with E-state index < -0.39 is 24.3 Å². The minimum absolute atomic E-state index is 0.104. The van der Waals surface area contributed by atoms with Gasteiger partial charge in [-0.3, -0.25) is 9.78 Å². The summed E-state index contributed by atoms with van der Waals surface area (Å²) in [5, 5.41) is 19.0. The Balaban J connectivity index is 1.60. The van der Waals surface area contributed by atoms with Crippen LogP contribution < -0.4 is 14.4 Å². The Labute approximate surface area is 203 Å². The quantitative estimate of drug-likeness (QED) is 0.464. The minimum Gasteiger partial charge on any atom is -0.497 e. The average Bonchev–Trinajstić information content (AvgIpc) is 2.88. The van der Waals surface area contributed by atoms with Crippen LogP contribution in [0.4, 0.5) is 10.2 Å². The summed E-state index contributed by atoms with van der Waals surface area (Å²) in [5.74, 6) is 0.112. The Morgan fingerprint density at radius 3 is 2.69 bits per heavy atom. The third-order valence-electron chi connectivity index (χ3n) is 5.89. The summed E-state index contributed by atoms with van der Waals surface area (Å²) in [6.45, 7) is 1.72. The Kier molecular flexibility index (Phi) is 7.77. The maximum absolute atomic E-state index is 14.8. The first-order valence-corrected chi connectivity index (χ1v) is 11.5. The summed E-state index contributed by atoms with van der Waals surface area (Å²) in [6.07, 6.45) is 3.22. The van der Waals surface area contributed by atoms with Crippen LogP contribution in [-0.4, -0.2) is 46.3 Å². The summed E-state index contributed by atoms with van der Waals surface area (Å²) in [4.78, 5) is 22.4. The zero-order chi connectivity index (χ0) is 24.8. The van der Waals surface area contributed by atoms with Gasteiger partial charge in [-0.05, 0) is 55.2 Å². The Morgan fingerprint density at radius 1 is 1.14 bits per heavy atom. The van der Waals surface area contributed by atoms with E-state index in [2.05, 4.69) is 9.88 Å². The van der Waals surface area contributed by atoms with Gasteiger partial charge in [0.2, 0.25) is 0 Å². The van der Waals surface area contributed by atoms with E-state index in [0.717, 1.165) is 32.4 Å². The number of hydrogen-bond donors (Lipinski definition) is 2. The zero-order valence-corrected chi connectivity index (χ0v) is 19.5. The molecule has 0 amide bonds. The van der Waals surface area contributed by atoms with E-state index in [0.29, 0.717) is 39.8 Å². The number of benzene rings is 2. The van der Waals surface area contributed by atoms with Crippen LogP contribution in [0.2, 0.25) is 0 Å². The predicted molar refractivity (Wildman–Crippen MR) is 128 cm³/mol. The van der Waals surface area contributed by atoms with Crippen LogP contribution in [0.25, 0.3) is 11.3 Å². The Hall–Kier alpha value is -3.72. The van der Waals surface area contributed by atoms with Crippen molar-refractivity contribution in [1.82, 2.24) is 9.97 Å². The molecule has 2 aromatic carbocycles. The van der Waals surface area contributed by atoms with Gasteiger partial charge in [-0.15, -0.1) is 0 Å². The van der Waals surface area contributed by atoms with Crippen molar-refractivity contribution in [3.05, 3.63) is 65.7 Å². The lowest BCUT2D eigenvalue weighted by Crippen LogP contribution is -2.31. The fourth-order valence-electron chi connectivity index (χ4n) is 4.07. The molecule has 0 unspecified atom stereocenters. The molecule has 9 heteroatoms. The van der Waals surface area contributed by atoms with Crippen molar-refractivity contribution in [3.8, 4) is 22.8 Å². The second kappa shape index (κ2) is 11.1. The van der Waals surface area contributed by atoms with Crippen LogP contribution >= 0.6 is 0 Å². The van der Waals surface area contributed by atoms with E-state index >= 15 is 0 Å². The van der Waals surface area contributed by atoms with Crippen molar-refractivity contribution in [1.29, 1.82) is 0 Å². The molecule has 184 valence electrons. The van der Waals surface area contributed by atoms with E-state index in [-0.39, 0.29) is 6.61 Å². The lowest BCUT2D eigenvalue weighted by atomic mass is 10.1. The molecule has 1 aromatic heterocycles. The first kappa shape index (κ1) is 24.4. The fourth-order valence-corrected chi connectivity index (χ4v) is 4.07. The number of carbonyl (C=O) groups is 1. The molecule has 2 heterocycles. The summed E-state index contributed by atoms with van der Waals surface area (Å²) < 4.78 is 25.9. The van der Waals surface area contributed by atoms with Crippen molar-refractivity contribution in [2.75, 3.05) is 25.1 Å². The highest BCUT2D eigenvalue weighted by atomic mass is 19.1. The topological polar surface area (TPSA) is 105 Å². The van der Waals surface area contributed by atoms with Gasteiger partial charge in [0.25, 0.3) is 0 Å². The molecule has 8 nitrogen and oxygen atoms in total. The second-order valence-electron chi connectivity index (χ2n) is 8.40. The zero-order valence-electron chi connectivity index (χ0n) is 19.5. The number of nitrogens with zero attached hydrogens (tertiary/aromatic N) is 3. The van der Waals surface area contributed by atoms with Gasteiger partial charge >= 0.3 is 5.97 Å². The van der Waals surface area contributed by atoms with Gasteiger partial charge in [-0.25, -0.2) is 9.37 Å². The molecule has 0 spiro atoms. The molecule has 2 N–H and O–H groups in total. The number of ether oxygens (including phenoxy) is 2. The number of aliphatic hydroxyl groups excluding tert-OH is 1. The van der Waals surface area contributed by atoms with E-state index in [1.807, 2.05) is 0 Å². The monoisotopic (exact) mass is 481 g/mol. The van der Waals surface area contributed by atoms with Crippen LogP contribution in [0.3, 0.4) is 0 Å². The van der Waals surface area contributed by atoms with Gasteiger partial charge in [-0.1, -0.05) is 12.1 Å². The van der Waals surface area contributed by atoms with Crippen molar-refractivity contribution in [3.63, 3.8) is 0 Å². The molecule has 0 radical (unpaired) electrons. The molecule has 0 aliphatic carbocycles. The number of anilines is 1. The van der Waals surface area contributed by atoms with Gasteiger partial charge in [0.05, 0.1) is 31.5 Å². The molecule has 3 aromatic rings. The van der Waals surface area contributed by atoms with Crippen molar-refractivity contribution in [2.24, 2.45) is 0 Å². The van der Waals surface area contributed by atoms with Gasteiger partial charge in [0.1, 0.15) is 29.6 Å². The second-order valence-corrected chi connectivity index (χ2v) is 8.40. The third kappa shape index (κ3) is 6.05.